The third-order valence-electron chi connectivity index (χ3n) is 2.84. The van der Waals surface area contributed by atoms with E-state index in [1.54, 1.807) is 12.3 Å². The van der Waals surface area contributed by atoms with Gasteiger partial charge in [0.15, 0.2) is 0 Å². The molecule has 1 aliphatic carbocycles. The molecule has 4 heteroatoms. The molecule has 0 amide bonds. The summed E-state index contributed by atoms with van der Waals surface area (Å²) in [6.45, 7) is -0.383. The van der Waals surface area contributed by atoms with Crippen molar-refractivity contribution in [3.05, 3.63) is 29.6 Å². The highest BCUT2D eigenvalue weighted by molar-refractivity contribution is 5.82. The summed E-state index contributed by atoms with van der Waals surface area (Å²) in [5, 5.41) is 18.3. The van der Waals surface area contributed by atoms with E-state index in [4.69, 9.17) is 5.11 Å². The van der Waals surface area contributed by atoms with Crippen molar-refractivity contribution in [2.45, 2.75) is 18.3 Å². The summed E-state index contributed by atoms with van der Waals surface area (Å²) < 4.78 is 0. The number of hydrogen-bond acceptors (Lipinski definition) is 3. The van der Waals surface area contributed by atoms with Gasteiger partial charge in [-0.2, -0.15) is 0 Å². The van der Waals surface area contributed by atoms with E-state index in [0.29, 0.717) is 18.5 Å². The standard InChI is InChI=1S/C10H11NO3/c12-6-10(9(13)14)4-3-7-2-1-5-11-8(7)10/h1-2,5,12H,3-4,6H2,(H,13,14). The number of carboxylic acid groups (broad SMARTS) is 1. The van der Waals surface area contributed by atoms with E-state index in [1.807, 2.05) is 6.07 Å². The van der Waals surface area contributed by atoms with Crippen LogP contribution in [0.2, 0.25) is 0 Å². The third-order valence-corrected chi connectivity index (χ3v) is 2.84. The number of rotatable bonds is 2. The van der Waals surface area contributed by atoms with Crippen molar-refractivity contribution in [2.75, 3.05) is 6.61 Å². The van der Waals surface area contributed by atoms with Crippen molar-refractivity contribution < 1.29 is 15.0 Å². The van der Waals surface area contributed by atoms with Crippen molar-refractivity contribution in [1.29, 1.82) is 0 Å². The molecule has 0 radical (unpaired) electrons. The number of hydrogen-bond donors (Lipinski definition) is 2. The topological polar surface area (TPSA) is 70.4 Å². The van der Waals surface area contributed by atoms with E-state index in [-0.39, 0.29) is 6.61 Å². The fraction of sp³-hybridized carbons (Fsp3) is 0.400. The lowest BCUT2D eigenvalue weighted by atomic mass is 9.86. The first-order chi connectivity index (χ1) is 6.70. The summed E-state index contributed by atoms with van der Waals surface area (Å²) in [5.41, 5.74) is 0.287. The first-order valence-electron chi connectivity index (χ1n) is 4.49. The number of carboxylic acids is 1. The molecule has 4 nitrogen and oxygen atoms in total. The highest BCUT2D eigenvalue weighted by Crippen LogP contribution is 2.37. The fourth-order valence-corrected chi connectivity index (χ4v) is 1.97. The van der Waals surface area contributed by atoms with Crippen LogP contribution in [0, 0.1) is 0 Å². The molecule has 1 aromatic rings. The second-order valence-corrected chi connectivity index (χ2v) is 3.56. The van der Waals surface area contributed by atoms with Crippen molar-refractivity contribution in [3.8, 4) is 0 Å². The summed E-state index contributed by atoms with van der Waals surface area (Å²) >= 11 is 0. The van der Waals surface area contributed by atoms with E-state index in [0.717, 1.165) is 5.56 Å². The van der Waals surface area contributed by atoms with Crippen LogP contribution in [0.5, 0.6) is 0 Å². The van der Waals surface area contributed by atoms with Crippen LogP contribution in [0.4, 0.5) is 0 Å². The SMILES string of the molecule is O=C(O)C1(CO)CCc2cccnc21. The number of pyridine rings is 1. The molecule has 74 valence electrons. The fourth-order valence-electron chi connectivity index (χ4n) is 1.97. The van der Waals surface area contributed by atoms with Crippen LogP contribution in [-0.4, -0.2) is 27.8 Å². The van der Waals surface area contributed by atoms with Gasteiger partial charge in [0.2, 0.25) is 0 Å². The molecule has 1 aromatic heterocycles. The monoisotopic (exact) mass is 193 g/mol. The lowest BCUT2D eigenvalue weighted by Gasteiger charge is -2.20. The van der Waals surface area contributed by atoms with Gasteiger partial charge in [-0.1, -0.05) is 6.07 Å². The molecule has 0 fully saturated rings. The normalized spacial score (nSPS) is 24.6. The second-order valence-electron chi connectivity index (χ2n) is 3.56. The smallest absolute Gasteiger partial charge is 0.318 e. The average Bonchev–Trinajstić information content (AvgIpc) is 2.57. The third kappa shape index (κ3) is 1.04. The predicted octanol–water partition coefficient (Wildman–Crippen LogP) is 0.343. The number of aliphatic carboxylic acids is 1. The molecular weight excluding hydrogens is 182 g/mol. The Hall–Kier alpha value is -1.42. The number of aryl methyl sites for hydroxylation is 1. The van der Waals surface area contributed by atoms with Gasteiger partial charge in [0, 0.05) is 6.20 Å². The molecule has 2 rings (SSSR count). The van der Waals surface area contributed by atoms with Crippen LogP contribution in [0.3, 0.4) is 0 Å². The van der Waals surface area contributed by atoms with Crippen LogP contribution in [-0.2, 0) is 16.6 Å². The molecule has 14 heavy (non-hydrogen) atoms. The molecule has 1 atom stereocenters. The largest absolute Gasteiger partial charge is 0.480 e. The van der Waals surface area contributed by atoms with Gasteiger partial charge in [-0.05, 0) is 24.5 Å². The number of aliphatic hydroxyl groups is 1. The van der Waals surface area contributed by atoms with Crippen LogP contribution in [0.25, 0.3) is 0 Å². The van der Waals surface area contributed by atoms with Gasteiger partial charge < -0.3 is 10.2 Å². The Kier molecular flexibility index (Phi) is 2.00. The van der Waals surface area contributed by atoms with Crippen molar-refractivity contribution >= 4 is 5.97 Å². The van der Waals surface area contributed by atoms with E-state index in [1.165, 1.54) is 0 Å². The molecule has 1 heterocycles. The first kappa shape index (κ1) is 9.15. The number of aliphatic hydroxyl groups excluding tert-OH is 1. The Bertz CT molecular complexity index is 377. The molecule has 0 aromatic carbocycles. The zero-order valence-corrected chi connectivity index (χ0v) is 7.60. The number of carbonyl (C=O) groups is 1. The van der Waals surface area contributed by atoms with Gasteiger partial charge in [-0.3, -0.25) is 9.78 Å². The van der Waals surface area contributed by atoms with Crippen molar-refractivity contribution in [1.82, 2.24) is 4.98 Å². The maximum Gasteiger partial charge on any atom is 0.318 e. The lowest BCUT2D eigenvalue weighted by Crippen LogP contribution is -2.38. The Morgan fingerprint density at radius 3 is 3.07 bits per heavy atom. The van der Waals surface area contributed by atoms with Crippen LogP contribution in [0.15, 0.2) is 18.3 Å². The van der Waals surface area contributed by atoms with E-state index in [9.17, 15) is 9.90 Å². The Morgan fingerprint density at radius 1 is 1.64 bits per heavy atom. The predicted molar refractivity (Wildman–Crippen MR) is 49.0 cm³/mol. The summed E-state index contributed by atoms with van der Waals surface area (Å²) in [6.07, 6.45) is 2.68. The van der Waals surface area contributed by atoms with Gasteiger partial charge in [0.1, 0.15) is 5.41 Å². The van der Waals surface area contributed by atoms with E-state index < -0.39 is 11.4 Å². The van der Waals surface area contributed by atoms with Crippen molar-refractivity contribution in [3.63, 3.8) is 0 Å². The quantitative estimate of drug-likeness (QED) is 0.710. The maximum absolute atomic E-state index is 11.1. The minimum Gasteiger partial charge on any atom is -0.480 e. The Morgan fingerprint density at radius 2 is 2.43 bits per heavy atom. The summed E-state index contributed by atoms with van der Waals surface area (Å²) in [7, 11) is 0. The zero-order chi connectivity index (χ0) is 10.2. The molecule has 0 bridgehead atoms. The molecule has 0 aliphatic heterocycles. The molecular formula is C10H11NO3. The number of nitrogens with zero attached hydrogens (tertiary/aromatic N) is 1. The molecule has 1 aliphatic rings. The van der Waals surface area contributed by atoms with Gasteiger partial charge in [0.05, 0.1) is 12.3 Å². The summed E-state index contributed by atoms with van der Waals surface area (Å²) in [4.78, 5) is 15.2. The van der Waals surface area contributed by atoms with E-state index >= 15 is 0 Å². The van der Waals surface area contributed by atoms with Gasteiger partial charge >= 0.3 is 5.97 Å². The van der Waals surface area contributed by atoms with E-state index in [2.05, 4.69) is 4.98 Å². The van der Waals surface area contributed by atoms with Gasteiger partial charge in [-0.25, -0.2) is 0 Å². The van der Waals surface area contributed by atoms with Crippen LogP contribution >= 0.6 is 0 Å². The number of fused-ring (bicyclic) bond motifs is 1. The summed E-state index contributed by atoms with van der Waals surface area (Å²) in [6, 6.07) is 3.65. The molecule has 0 saturated carbocycles. The minimum absolute atomic E-state index is 0.383. The minimum atomic E-state index is -1.17. The Labute approximate surface area is 81.2 Å². The summed E-state index contributed by atoms with van der Waals surface area (Å²) in [5.74, 6) is -0.988. The van der Waals surface area contributed by atoms with Crippen molar-refractivity contribution in [2.24, 2.45) is 0 Å². The lowest BCUT2D eigenvalue weighted by molar-refractivity contribution is -0.145. The zero-order valence-electron chi connectivity index (χ0n) is 7.60. The molecule has 2 N–H and O–H groups in total. The second kappa shape index (κ2) is 3.06. The molecule has 0 spiro atoms. The molecule has 1 unspecified atom stereocenters. The molecule has 0 saturated heterocycles. The highest BCUT2D eigenvalue weighted by Gasteiger charge is 2.46. The average molecular weight is 193 g/mol. The first-order valence-corrected chi connectivity index (χ1v) is 4.49. The number of aromatic nitrogens is 1. The maximum atomic E-state index is 11.1. The van der Waals surface area contributed by atoms with Crippen LogP contribution in [0.1, 0.15) is 17.7 Å². The Balaban J connectivity index is 2.55. The van der Waals surface area contributed by atoms with Gasteiger partial charge in [0.25, 0.3) is 0 Å². The van der Waals surface area contributed by atoms with Crippen LogP contribution < -0.4 is 0 Å². The van der Waals surface area contributed by atoms with Gasteiger partial charge in [-0.15, -0.1) is 0 Å². The highest BCUT2D eigenvalue weighted by atomic mass is 16.4.